The number of carbonyl (C=O) groups excluding carboxylic acids is 2. The number of thiophene rings is 1. The van der Waals surface area contributed by atoms with E-state index in [1.54, 1.807) is 11.4 Å². The van der Waals surface area contributed by atoms with Crippen molar-refractivity contribution in [3.05, 3.63) is 22.4 Å². The van der Waals surface area contributed by atoms with Crippen molar-refractivity contribution >= 4 is 33.2 Å². The predicted octanol–water partition coefficient (Wildman–Crippen LogP) is 0.749. The van der Waals surface area contributed by atoms with E-state index in [2.05, 4.69) is 5.32 Å². The first kappa shape index (κ1) is 18.3. The molecule has 0 radical (unpaired) electrons. The Morgan fingerprint density at radius 1 is 1.44 bits per heavy atom. The second kappa shape index (κ2) is 7.05. The minimum absolute atomic E-state index is 0.0623. The fraction of sp³-hybridized carbons (Fsp3) is 0.625. The minimum atomic E-state index is -3.57. The summed E-state index contributed by atoms with van der Waals surface area (Å²) in [7, 11) is -3.57. The summed E-state index contributed by atoms with van der Waals surface area (Å²) in [5.74, 6) is -0.505. The number of carbonyl (C=O) groups is 2. The number of nitrogens with one attached hydrogen (secondary N) is 1. The lowest BCUT2D eigenvalue weighted by molar-refractivity contribution is -0.130. The van der Waals surface area contributed by atoms with E-state index in [9.17, 15) is 18.0 Å². The molecule has 0 bridgehead atoms. The van der Waals surface area contributed by atoms with E-state index in [0.29, 0.717) is 25.1 Å². The molecule has 0 aliphatic carbocycles. The smallest absolute Gasteiger partial charge is 0.253 e. The van der Waals surface area contributed by atoms with Crippen LogP contribution in [0.25, 0.3) is 0 Å². The van der Waals surface area contributed by atoms with Crippen LogP contribution >= 0.6 is 11.3 Å². The molecule has 3 heterocycles. The lowest BCUT2D eigenvalue weighted by atomic mass is 10.1. The molecule has 9 heteroatoms. The summed E-state index contributed by atoms with van der Waals surface area (Å²) in [4.78, 5) is 26.9. The lowest BCUT2D eigenvalue weighted by Gasteiger charge is -2.25. The minimum Gasteiger partial charge on any atom is -0.348 e. The number of fused-ring (bicyclic) bond motifs is 1. The molecular weight excluding hydrogens is 362 g/mol. The Kier molecular flexibility index (Phi) is 5.17. The molecule has 0 aromatic carbocycles. The number of sulfonamides is 1. The summed E-state index contributed by atoms with van der Waals surface area (Å²) in [6.07, 6.45) is 0.443. The Bertz CT molecular complexity index is 745. The molecule has 2 amide bonds. The molecule has 3 rings (SSSR count). The van der Waals surface area contributed by atoms with E-state index >= 15 is 0 Å². The van der Waals surface area contributed by atoms with Crippen molar-refractivity contribution < 1.29 is 18.0 Å². The van der Waals surface area contributed by atoms with Crippen LogP contribution in [0, 0.1) is 5.92 Å². The maximum absolute atomic E-state index is 12.8. The van der Waals surface area contributed by atoms with Crippen molar-refractivity contribution in [2.45, 2.75) is 32.4 Å². The second-order valence-electron chi connectivity index (χ2n) is 7.01. The van der Waals surface area contributed by atoms with Crippen LogP contribution in [0.3, 0.4) is 0 Å². The highest BCUT2D eigenvalue weighted by Gasteiger charge is 2.45. The van der Waals surface area contributed by atoms with Gasteiger partial charge in [0.2, 0.25) is 10.0 Å². The normalized spacial score (nSPS) is 26.5. The third kappa shape index (κ3) is 3.88. The summed E-state index contributed by atoms with van der Waals surface area (Å²) >= 11 is 1.46. The van der Waals surface area contributed by atoms with E-state index in [0.717, 1.165) is 4.31 Å². The molecule has 1 aromatic heterocycles. The summed E-state index contributed by atoms with van der Waals surface area (Å²) < 4.78 is 25.9. The molecule has 1 N–H and O–H groups in total. The van der Waals surface area contributed by atoms with Crippen molar-refractivity contribution in [1.82, 2.24) is 14.5 Å². The van der Waals surface area contributed by atoms with Gasteiger partial charge in [-0.1, -0.05) is 13.8 Å². The first-order valence-electron chi connectivity index (χ1n) is 8.39. The summed E-state index contributed by atoms with van der Waals surface area (Å²) in [5.41, 5.74) is 0.613. The van der Waals surface area contributed by atoms with Gasteiger partial charge in [0.1, 0.15) is 0 Å². The molecule has 7 nitrogen and oxygen atoms in total. The van der Waals surface area contributed by atoms with Crippen LogP contribution < -0.4 is 5.32 Å². The monoisotopic (exact) mass is 385 g/mol. The number of amides is 2. The van der Waals surface area contributed by atoms with Crippen LogP contribution in [0.15, 0.2) is 16.8 Å². The molecule has 0 saturated carbocycles. The van der Waals surface area contributed by atoms with Gasteiger partial charge in [-0.25, -0.2) is 12.7 Å². The van der Waals surface area contributed by atoms with Gasteiger partial charge in [0.15, 0.2) is 0 Å². The first-order chi connectivity index (χ1) is 11.8. The molecule has 0 unspecified atom stereocenters. The fourth-order valence-electron chi connectivity index (χ4n) is 3.36. The molecule has 2 saturated heterocycles. The average Bonchev–Trinajstić information content (AvgIpc) is 3.17. The Morgan fingerprint density at radius 2 is 2.20 bits per heavy atom. The average molecular weight is 386 g/mol. The molecule has 25 heavy (non-hydrogen) atoms. The van der Waals surface area contributed by atoms with E-state index in [1.165, 1.54) is 11.3 Å². The molecule has 0 spiro atoms. The quantitative estimate of drug-likeness (QED) is 0.826. The molecule has 2 fully saturated rings. The highest BCUT2D eigenvalue weighted by atomic mass is 32.2. The van der Waals surface area contributed by atoms with Crippen molar-refractivity contribution in [1.29, 1.82) is 0 Å². The summed E-state index contributed by atoms with van der Waals surface area (Å²) in [5, 5.41) is 6.59. The van der Waals surface area contributed by atoms with Gasteiger partial charge in [-0.05, 0) is 23.8 Å². The van der Waals surface area contributed by atoms with Crippen LogP contribution in [0.2, 0.25) is 0 Å². The fourth-order valence-corrected chi connectivity index (χ4v) is 5.60. The van der Waals surface area contributed by atoms with Crippen LogP contribution in [0.1, 0.15) is 30.6 Å². The van der Waals surface area contributed by atoms with Gasteiger partial charge in [-0.15, -0.1) is 0 Å². The standard InChI is InChI=1S/C16H23N3O4S2/c1-11(2)8-19-16(21)14-7-13(9-18(14)4-6-25(19,22)23)17-15(20)12-3-5-24-10-12/h3,5,10-11,13-14H,4,6-9H2,1-2H3,(H,17,20)/t13-,14-/m0/s1. The molecule has 2 atom stereocenters. The number of hydrogen-bond acceptors (Lipinski definition) is 6. The van der Waals surface area contributed by atoms with Crippen molar-refractivity contribution in [2.24, 2.45) is 5.92 Å². The molecule has 1 aromatic rings. The van der Waals surface area contributed by atoms with Gasteiger partial charge < -0.3 is 5.32 Å². The van der Waals surface area contributed by atoms with E-state index in [4.69, 9.17) is 0 Å². The van der Waals surface area contributed by atoms with Gasteiger partial charge in [0.25, 0.3) is 11.8 Å². The predicted molar refractivity (Wildman–Crippen MR) is 95.9 cm³/mol. The molecular formula is C16H23N3O4S2. The highest BCUT2D eigenvalue weighted by molar-refractivity contribution is 7.89. The molecule has 138 valence electrons. The maximum atomic E-state index is 12.8. The zero-order valence-corrected chi connectivity index (χ0v) is 16.0. The summed E-state index contributed by atoms with van der Waals surface area (Å²) in [6, 6.07) is 1.13. The van der Waals surface area contributed by atoms with Crippen molar-refractivity contribution in [3.8, 4) is 0 Å². The summed E-state index contributed by atoms with van der Waals surface area (Å²) in [6.45, 7) is 4.81. The topological polar surface area (TPSA) is 86.8 Å². The molecule has 2 aliphatic heterocycles. The Morgan fingerprint density at radius 3 is 2.84 bits per heavy atom. The first-order valence-corrected chi connectivity index (χ1v) is 10.9. The third-order valence-corrected chi connectivity index (χ3v) is 6.94. The van der Waals surface area contributed by atoms with E-state index < -0.39 is 16.1 Å². The third-order valence-electron chi connectivity index (χ3n) is 4.56. The second-order valence-corrected chi connectivity index (χ2v) is 9.80. The number of rotatable bonds is 4. The Hall–Kier alpha value is -1.45. The highest BCUT2D eigenvalue weighted by Crippen LogP contribution is 2.25. The van der Waals surface area contributed by atoms with Gasteiger partial charge in [0, 0.05) is 36.6 Å². The van der Waals surface area contributed by atoms with Crippen LogP contribution in [-0.4, -0.2) is 66.9 Å². The van der Waals surface area contributed by atoms with Gasteiger partial charge >= 0.3 is 0 Å². The van der Waals surface area contributed by atoms with E-state index in [1.807, 2.05) is 24.1 Å². The lowest BCUT2D eigenvalue weighted by Crippen LogP contribution is -2.45. The SMILES string of the molecule is CC(C)CN1C(=O)[C@@H]2C[C@H](NC(=O)c3ccsc3)CN2CCS1(=O)=O. The van der Waals surface area contributed by atoms with E-state index in [-0.39, 0.29) is 36.1 Å². The van der Waals surface area contributed by atoms with Gasteiger partial charge in [0.05, 0.1) is 11.8 Å². The Labute approximate surface area is 152 Å². The zero-order chi connectivity index (χ0) is 18.2. The van der Waals surface area contributed by atoms with Crippen molar-refractivity contribution in [2.75, 3.05) is 25.4 Å². The van der Waals surface area contributed by atoms with Crippen LogP contribution in [0.4, 0.5) is 0 Å². The Balaban J connectivity index is 1.72. The number of hydrogen-bond donors (Lipinski definition) is 1. The largest absolute Gasteiger partial charge is 0.348 e. The van der Waals surface area contributed by atoms with Crippen LogP contribution in [0.5, 0.6) is 0 Å². The van der Waals surface area contributed by atoms with Gasteiger partial charge in [-0.3, -0.25) is 14.5 Å². The zero-order valence-electron chi connectivity index (χ0n) is 14.3. The molecule has 2 aliphatic rings. The van der Waals surface area contributed by atoms with Crippen molar-refractivity contribution in [3.63, 3.8) is 0 Å². The van der Waals surface area contributed by atoms with Gasteiger partial charge in [-0.2, -0.15) is 11.3 Å². The van der Waals surface area contributed by atoms with Crippen LogP contribution in [-0.2, 0) is 14.8 Å². The number of nitrogens with zero attached hydrogens (tertiary/aromatic N) is 2. The maximum Gasteiger partial charge on any atom is 0.253 e.